The van der Waals surface area contributed by atoms with E-state index in [1.807, 2.05) is 0 Å². The van der Waals surface area contributed by atoms with E-state index in [4.69, 9.17) is 19.8 Å². The third kappa shape index (κ3) is 18.4. The van der Waals surface area contributed by atoms with Gasteiger partial charge in [0.25, 0.3) is 0 Å². The Hall–Kier alpha value is -0.426. The molecule has 6 nitrogen and oxygen atoms in total. The first kappa shape index (κ1) is 23.5. The van der Waals surface area contributed by atoms with Crippen LogP contribution in [0.4, 0.5) is 0 Å². The van der Waals surface area contributed by atoms with Gasteiger partial charge in [0.05, 0.1) is 11.9 Å². The van der Waals surface area contributed by atoms with Crippen LogP contribution >= 0.6 is 0 Å². The monoisotopic (exact) mass is 170 g/mol. The van der Waals surface area contributed by atoms with E-state index in [1.54, 1.807) is 0 Å². The number of carboxylic acid groups (broad SMARTS) is 2. The van der Waals surface area contributed by atoms with Crippen LogP contribution in [0.5, 0.6) is 0 Å². The van der Waals surface area contributed by atoms with Gasteiger partial charge in [0.2, 0.25) is 0 Å². The van der Waals surface area contributed by atoms with Crippen LogP contribution in [0.15, 0.2) is 0 Å². The predicted molar refractivity (Wildman–Crippen MR) is 13.9 cm³/mol. The molecule has 50 valence electrons. The van der Waals surface area contributed by atoms with Gasteiger partial charge in [-0.25, -0.2) is 0 Å². The molecular weight excluding hydrogens is 168 g/mol. The first-order valence-corrected chi connectivity index (χ1v) is 1.07. The number of hydrogen-bond acceptors (Lipinski definition) is 6. The average molecular weight is 170 g/mol. The van der Waals surface area contributed by atoms with E-state index >= 15 is 0 Å². The molecule has 0 bridgehead atoms. The molecule has 0 amide bonds. The summed E-state index contributed by atoms with van der Waals surface area (Å²) in [6.45, 7) is 0. The number of aliphatic carboxylic acids is 2. The van der Waals surface area contributed by atoms with Gasteiger partial charge in [-0.15, -0.1) is 0 Å². The van der Waals surface area contributed by atoms with Gasteiger partial charge in [0.1, 0.15) is 0 Å². The molecular formula is C2H2O6Ti. The summed E-state index contributed by atoms with van der Waals surface area (Å²) >= 11 is 0. The van der Waals surface area contributed by atoms with Crippen LogP contribution in [-0.2, 0) is 31.3 Å². The van der Waals surface area contributed by atoms with Crippen molar-refractivity contribution in [2.45, 2.75) is 0 Å². The minimum Gasteiger partial charge on any atom is -0.870 e. The summed E-state index contributed by atoms with van der Waals surface area (Å²) in [4.78, 5) is 17.9. The second-order valence-electron chi connectivity index (χ2n) is 0.575. The van der Waals surface area contributed by atoms with Crippen LogP contribution in [0.1, 0.15) is 0 Å². The van der Waals surface area contributed by atoms with Gasteiger partial charge in [-0.1, -0.05) is 0 Å². The fourth-order valence-corrected chi connectivity index (χ4v) is 0. The molecule has 2 N–H and O–H groups in total. The molecule has 0 atom stereocenters. The fourth-order valence-electron chi connectivity index (χ4n) is 0. The average Bonchev–Trinajstić information content (AvgIpc) is 1.36. The van der Waals surface area contributed by atoms with Crippen molar-refractivity contribution in [3.63, 3.8) is 0 Å². The summed E-state index contributed by atoms with van der Waals surface area (Å²) < 4.78 is 0. The zero-order chi connectivity index (χ0) is 5.15. The Morgan fingerprint density at radius 2 is 1.00 bits per heavy atom. The molecule has 0 aromatic carbocycles. The van der Waals surface area contributed by atoms with Gasteiger partial charge < -0.3 is 30.8 Å². The number of rotatable bonds is 0. The molecule has 0 aliphatic carbocycles. The number of carboxylic acids is 2. The third-order valence-corrected chi connectivity index (χ3v) is 0.167. The van der Waals surface area contributed by atoms with Crippen LogP contribution in [0, 0.1) is 0 Å². The second kappa shape index (κ2) is 10.5. The summed E-state index contributed by atoms with van der Waals surface area (Å²) in [5, 5.41) is 17.9. The number of carbonyl (C=O) groups is 2. The van der Waals surface area contributed by atoms with Crippen molar-refractivity contribution in [3.05, 3.63) is 0 Å². The largest absolute Gasteiger partial charge is 4.00 e. The Labute approximate surface area is 65.0 Å². The van der Waals surface area contributed by atoms with Gasteiger partial charge in [-0.05, 0) is 0 Å². The topological polar surface area (TPSA) is 140 Å². The summed E-state index contributed by atoms with van der Waals surface area (Å²) in [5.74, 6) is -4.37. The van der Waals surface area contributed by atoms with E-state index in [0.717, 1.165) is 0 Å². The molecule has 0 aromatic rings. The first-order valence-electron chi connectivity index (χ1n) is 1.07. The summed E-state index contributed by atoms with van der Waals surface area (Å²) in [6, 6.07) is 0. The Kier molecular flexibility index (Phi) is 27.5. The van der Waals surface area contributed by atoms with Crippen LogP contribution < -0.4 is 10.2 Å². The minimum atomic E-state index is -2.19. The molecule has 0 spiro atoms. The van der Waals surface area contributed by atoms with E-state index in [1.165, 1.54) is 0 Å². The van der Waals surface area contributed by atoms with Crippen LogP contribution in [0.25, 0.3) is 0 Å². The van der Waals surface area contributed by atoms with Crippen LogP contribution in [0.2, 0.25) is 0 Å². The molecule has 0 aliphatic rings. The zero-order valence-corrected chi connectivity index (χ0v) is 5.59. The maximum atomic E-state index is 8.93. The Bertz CT molecular complexity index is 77.1. The summed E-state index contributed by atoms with van der Waals surface area (Å²) in [7, 11) is 0. The first-order chi connectivity index (χ1) is 2.64. The van der Waals surface area contributed by atoms with Crippen molar-refractivity contribution in [2.24, 2.45) is 0 Å². The molecule has 0 aromatic heterocycles. The van der Waals surface area contributed by atoms with Gasteiger partial charge in [0, 0.05) is 0 Å². The van der Waals surface area contributed by atoms with E-state index in [2.05, 4.69) is 0 Å². The SMILES string of the molecule is O=C([O-])C(=O)[O-].[OH-].[OH-].[Ti+4]. The standard InChI is InChI=1S/C2H2O4.2H2O.Ti/c3-1(4)2(5)6;;;/h(H,3,4)(H,5,6);2*1H2;/q;;;+4/p-4. The van der Waals surface area contributed by atoms with E-state index in [9.17, 15) is 0 Å². The van der Waals surface area contributed by atoms with Gasteiger partial charge in [-0.2, -0.15) is 0 Å². The van der Waals surface area contributed by atoms with Crippen LogP contribution in [-0.4, -0.2) is 22.9 Å². The molecule has 7 heteroatoms. The van der Waals surface area contributed by atoms with Crippen molar-refractivity contribution in [2.75, 3.05) is 0 Å². The third-order valence-electron chi connectivity index (χ3n) is 0.167. The maximum absolute atomic E-state index is 8.93. The van der Waals surface area contributed by atoms with E-state index < -0.39 is 11.9 Å². The molecule has 0 heterocycles. The normalized spacial score (nSPS) is 4.89. The van der Waals surface area contributed by atoms with Crippen molar-refractivity contribution in [1.29, 1.82) is 0 Å². The zero-order valence-electron chi connectivity index (χ0n) is 4.03. The minimum absolute atomic E-state index is 0. The van der Waals surface area contributed by atoms with Crippen molar-refractivity contribution >= 4 is 11.9 Å². The van der Waals surface area contributed by atoms with E-state index in [0.29, 0.717) is 0 Å². The summed E-state index contributed by atoms with van der Waals surface area (Å²) in [6.07, 6.45) is 0. The molecule has 0 unspecified atom stereocenters. The fraction of sp³-hybridized carbons (Fsp3) is 0. The Morgan fingerprint density at radius 3 is 1.00 bits per heavy atom. The summed E-state index contributed by atoms with van der Waals surface area (Å²) in [5.41, 5.74) is 0. The molecule has 0 saturated heterocycles. The van der Waals surface area contributed by atoms with Gasteiger partial charge >= 0.3 is 21.7 Å². The number of carbonyl (C=O) groups excluding carboxylic acids is 2. The van der Waals surface area contributed by atoms with Crippen molar-refractivity contribution < 1.29 is 52.5 Å². The van der Waals surface area contributed by atoms with Crippen molar-refractivity contribution in [3.8, 4) is 0 Å². The molecule has 0 fully saturated rings. The van der Waals surface area contributed by atoms with Gasteiger partial charge in [-0.3, -0.25) is 0 Å². The quantitative estimate of drug-likeness (QED) is 0.269. The number of hydrogen-bond donors (Lipinski definition) is 0. The van der Waals surface area contributed by atoms with Crippen molar-refractivity contribution in [1.82, 2.24) is 0 Å². The molecule has 0 rings (SSSR count). The van der Waals surface area contributed by atoms with Crippen LogP contribution in [0.3, 0.4) is 0 Å². The Balaban J connectivity index is -0.0000000417. The van der Waals surface area contributed by atoms with E-state index in [-0.39, 0.29) is 32.7 Å². The Morgan fingerprint density at radius 1 is 0.889 bits per heavy atom. The van der Waals surface area contributed by atoms with Gasteiger partial charge in [0.15, 0.2) is 0 Å². The molecule has 0 aliphatic heterocycles. The molecule has 9 heavy (non-hydrogen) atoms. The maximum Gasteiger partial charge on any atom is 4.00 e. The second-order valence-corrected chi connectivity index (χ2v) is 0.575. The molecule has 0 saturated carbocycles. The molecule has 0 radical (unpaired) electrons. The predicted octanol–water partition coefficient (Wildman–Crippen LogP) is -3.87. The smallest absolute Gasteiger partial charge is 0.870 e.